The Morgan fingerprint density at radius 2 is 1.84 bits per heavy atom. The number of hydrogen-bond donors (Lipinski definition) is 2. The van der Waals surface area contributed by atoms with E-state index in [1.807, 2.05) is 18.2 Å². The van der Waals surface area contributed by atoms with Crippen LogP contribution in [0.25, 0.3) is 0 Å². The minimum absolute atomic E-state index is 0. The van der Waals surface area contributed by atoms with Crippen LogP contribution in [0.15, 0.2) is 54.6 Å². The van der Waals surface area contributed by atoms with Gasteiger partial charge in [-0.05, 0) is 41.8 Å². The maximum atomic E-state index is 12.4. The Bertz CT molecular complexity index is 1090. The predicted molar refractivity (Wildman–Crippen MR) is 123 cm³/mol. The van der Waals surface area contributed by atoms with Crippen molar-refractivity contribution in [3.63, 3.8) is 0 Å². The molecule has 0 saturated carbocycles. The summed E-state index contributed by atoms with van der Waals surface area (Å²) in [6.45, 7) is 2.20. The van der Waals surface area contributed by atoms with E-state index >= 15 is 0 Å². The highest BCUT2D eigenvalue weighted by atomic mass is 35.5. The van der Waals surface area contributed by atoms with Crippen LogP contribution in [0.2, 0.25) is 5.02 Å². The van der Waals surface area contributed by atoms with Gasteiger partial charge in [0.05, 0.1) is 5.56 Å². The van der Waals surface area contributed by atoms with Crippen LogP contribution in [0.1, 0.15) is 26.4 Å². The number of nitrogens with two attached hydrogens (primary N) is 1. The number of anilines is 1. The molecule has 2 heterocycles. The molecule has 1 aliphatic heterocycles. The summed E-state index contributed by atoms with van der Waals surface area (Å²) in [5.41, 5.74) is 8.25. The minimum atomic E-state index is -0.525. The van der Waals surface area contributed by atoms with Crippen molar-refractivity contribution in [1.82, 2.24) is 4.90 Å². The first-order chi connectivity index (χ1) is 15.0. The first-order valence-corrected chi connectivity index (χ1v) is 11.1. The maximum absolute atomic E-state index is 12.4. The molecule has 2 aromatic carbocycles. The number of carbonyl (C=O) groups is 2. The summed E-state index contributed by atoms with van der Waals surface area (Å²) in [4.78, 5) is 28.0. The van der Waals surface area contributed by atoms with E-state index < -0.39 is 5.91 Å². The molecule has 2 amide bonds. The van der Waals surface area contributed by atoms with E-state index in [-0.39, 0.29) is 24.9 Å². The second kappa shape index (κ2) is 10.8. The molecule has 3 N–H and O–H groups in total. The number of thiophene rings is 1. The summed E-state index contributed by atoms with van der Waals surface area (Å²) < 4.78 is 5.49. The Balaban J connectivity index is 0.00000289. The summed E-state index contributed by atoms with van der Waals surface area (Å²) in [6, 6.07) is 17.0. The molecule has 1 aromatic heterocycles. The minimum Gasteiger partial charge on any atom is -1.00 e. The number of carbonyl (C=O) groups excluding carboxylic acids is 2. The van der Waals surface area contributed by atoms with E-state index in [1.165, 1.54) is 16.9 Å². The SMILES string of the molecule is NC(=O)c1c(NC(=O)COc2ccc(Cl)cc2)sc2c1CCN(Cc1ccccc1)C2.[Cl-]. The first-order valence-electron chi connectivity index (χ1n) is 9.88. The molecular formula is C23H22Cl2N3O3S-. The highest BCUT2D eigenvalue weighted by Gasteiger charge is 2.27. The summed E-state index contributed by atoms with van der Waals surface area (Å²) in [5.74, 6) is -0.336. The van der Waals surface area contributed by atoms with Crippen LogP contribution in [0.5, 0.6) is 5.75 Å². The van der Waals surface area contributed by atoms with Crippen molar-refractivity contribution in [3.8, 4) is 5.75 Å². The van der Waals surface area contributed by atoms with Gasteiger partial charge in [-0.25, -0.2) is 0 Å². The molecule has 32 heavy (non-hydrogen) atoms. The second-order valence-electron chi connectivity index (χ2n) is 7.31. The van der Waals surface area contributed by atoms with Gasteiger partial charge < -0.3 is 28.2 Å². The molecule has 4 rings (SSSR count). The van der Waals surface area contributed by atoms with Gasteiger partial charge in [0.2, 0.25) is 0 Å². The number of fused-ring (bicyclic) bond motifs is 1. The van der Waals surface area contributed by atoms with Crippen molar-refractivity contribution in [1.29, 1.82) is 0 Å². The number of halogens is 2. The fourth-order valence-corrected chi connectivity index (χ4v) is 5.06. The third-order valence-electron chi connectivity index (χ3n) is 5.07. The molecule has 3 aromatic rings. The van der Waals surface area contributed by atoms with Crippen molar-refractivity contribution in [3.05, 3.63) is 81.2 Å². The summed E-state index contributed by atoms with van der Waals surface area (Å²) >= 11 is 7.26. The fourth-order valence-electron chi connectivity index (χ4n) is 3.62. The normalized spacial score (nSPS) is 13.0. The highest BCUT2D eigenvalue weighted by molar-refractivity contribution is 7.17. The Kier molecular flexibility index (Phi) is 8.15. The van der Waals surface area contributed by atoms with Gasteiger partial charge >= 0.3 is 0 Å². The van der Waals surface area contributed by atoms with Gasteiger partial charge in [-0.3, -0.25) is 14.5 Å². The first kappa shape index (κ1) is 24.1. The second-order valence-corrected chi connectivity index (χ2v) is 8.85. The summed E-state index contributed by atoms with van der Waals surface area (Å²) in [7, 11) is 0. The number of nitrogens with zero attached hydrogens (tertiary/aromatic N) is 1. The molecule has 9 heteroatoms. The highest BCUT2D eigenvalue weighted by Crippen LogP contribution is 2.37. The molecule has 0 saturated heterocycles. The molecule has 0 bridgehead atoms. The van der Waals surface area contributed by atoms with E-state index in [2.05, 4.69) is 22.3 Å². The summed E-state index contributed by atoms with van der Waals surface area (Å²) in [6.07, 6.45) is 0.716. The van der Waals surface area contributed by atoms with Crippen molar-refractivity contribution in [2.45, 2.75) is 19.5 Å². The number of ether oxygens (including phenoxy) is 1. The van der Waals surface area contributed by atoms with Gasteiger partial charge in [-0.1, -0.05) is 41.9 Å². The van der Waals surface area contributed by atoms with Gasteiger partial charge in [0, 0.05) is 29.5 Å². The van der Waals surface area contributed by atoms with Crippen LogP contribution >= 0.6 is 22.9 Å². The molecule has 0 spiro atoms. The van der Waals surface area contributed by atoms with E-state index in [0.29, 0.717) is 34.3 Å². The van der Waals surface area contributed by atoms with E-state index in [9.17, 15) is 9.59 Å². The van der Waals surface area contributed by atoms with Crippen LogP contribution in [0.3, 0.4) is 0 Å². The standard InChI is InChI=1S/C23H22ClN3O3S.ClH/c24-16-6-8-17(9-7-16)30-14-20(28)26-23-21(22(25)29)18-10-11-27(13-19(18)31-23)12-15-4-2-1-3-5-15;/h1-9H,10-14H2,(H2,25,29)(H,26,28);1H/p-1. The monoisotopic (exact) mass is 490 g/mol. The maximum Gasteiger partial charge on any atom is 0.262 e. The van der Waals surface area contributed by atoms with Crippen molar-refractivity contribution < 1.29 is 26.7 Å². The Morgan fingerprint density at radius 1 is 1.12 bits per heavy atom. The van der Waals surface area contributed by atoms with E-state index in [4.69, 9.17) is 22.1 Å². The lowest BCUT2D eigenvalue weighted by Crippen LogP contribution is -3.00. The van der Waals surface area contributed by atoms with Gasteiger partial charge in [-0.2, -0.15) is 0 Å². The lowest BCUT2D eigenvalue weighted by molar-refractivity contribution is -0.118. The Morgan fingerprint density at radius 3 is 2.53 bits per heavy atom. The molecule has 0 aliphatic carbocycles. The number of nitrogens with one attached hydrogen (secondary N) is 1. The van der Waals surface area contributed by atoms with Gasteiger partial charge in [0.15, 0.2) is 6.61 Å². The number of amides is 2. The third-order valence-corrected chi connectivity index (χ3v) is 6.45. The van der Waals surface area contributed by atoms with Crippen LogP contribution in [0, 0.1) is 0 Å². The van der Waals surface area contributed by atoms with Crippen LogP contribution in [-0.4, -0.2) is 29.9 Å². The van der Waals surface area contributed by atoms with Crippen molar-refractivity contribution >= 4 is 39.8 Å². The quantitative estimate of drug-likeness (QED) is 0.518. The molecule has 0 atom stereocenters. The number of hydrogen-bond acceptors (Lipinski definition) is 5. The zero-order valence-corrected chi connectivity index (χ0v) is 19.5. The van der Waals surface area contributed by atoms with E-state index in [0.717, 1.165) is 23.5 Å². The topological polar surface area (TPSA) is 84.7 Å². The van der Waals surface area contributed by atoms with Crippen LogP contribution < -0.4 is 28.2 Å². The molecule has 168 valence electrons. The van der Waals surface area contributed by atoms with Gasteiger partial charge in [0.25, 0.3) is 11.8 Å². The third kappa shape index (κ3) is 5.81. The largest absolute Gasteiger partial charge is 1.00 e. The molecule has 1 aliphatic rings. The van der Waals surface area contributed by atoms with Crippen LogP contribution in [-0.2, 0) is 24.3 Å². The average Bonchev–Trinajstić information content (AvgIpc) is 3.11. The van der Waals surface area contributed by atoms with Gasteiger partial charge in [-0.15, -0.1) is 11.3 Å². The van der Waals surface area contributed by atoms with Crippen molar-refractivity contribution in [2.75, 3.05) is 18.5 Å². The predicted octanol–water partition coefficient (Wildman–Crippen LogP) is 1.08. The molecule has 0 fully saturated rings. The lowest BCUT2D eigenvalue weighted by Gasteiger charge is -2.27. The Labute approximate surface area is 201 Å². The average molecular weight is 491 g/mol. The molecule has 0 radical (unpaired) electrons. The number of primary amides is 1. The Hall–Kier alpha value is -2.58. The zero-order valence-electron chi connectivity index (χ0n) is 17.1. The molecule has 0 unspecified atom stereocenters. The lowest BCUT2D eigenvalue weighted by atomic mass is 10.0. The molecule has 6 nitrogen and oxygen atoms in total. The molecular weight excluding hydrogens is 469 g/mol. The van der Waals surface area contributed by atoms with Crippen LogP contribution in [0.4, 0.5) is 5.00 Å². The number of benzene rings is 2. The fraction of sp³-hybridized carbons (Fsp3) is 0.217. The smallest absolute Gasteiger partial charge is 0.262 e. The number of rotatable bonds is 7. The van der Waals surface area contributed by atoms with Gasteiger partial charge in [0.1, 0.15) is 10.8 Å². The van der Waals surface area contributed by atoms with Crippen molar-refractivity contribution in [2.24, 2.45) is 5.73 Å². The summed E-state index contributed by atoms with van der Waals surface area (Å²) in [5, 5.41) is 3.89. The zero-order chi connectivity index (χ0) is 21.8. The van der Waals surface area contributed by atoms with E-state index in [1.54, 1.807) is 24.3 Å².